The number of nitrogens with two attached hydrogens (primary N) is 1. The van der Waals surface area contributed by atoms with Crippen LogP contribution in [0.4, 0.5) is 11.4 Å². The molecule has 21 heavy (non-hydrogen) atoms. The lowest BCUT2D eigenvalue weighted by Gasteiger charge is -2.34. The van der Waals surface area contributed by atoms with Crippen molar-refractivity contribution in [2.45, 2.75) is 11.9 Å². The van der Waals surface area contributed by atoms with E-state index in [0.717, 1.165) is 5.75 Å². The molecule has 1 fully saturated rings. The maximum atomic E-state index is 11.9. The summed E-state index contributed by atoms with van der Waals surface area (Å²) in [4.78, 5) is 12.2. The molecule has 0 aromatic heterocycles. The second-order valence-electron chi connectivity index (χ2n) is 4.97. The highest BCUT2D eigenvalue weighted by atomic mass is 32.2. The molecule has 1 atom stereocenters. The number of hydrogen-bond donors (Lipinski definition) is 1. The smallest absolute Gasteiger partial charge is 0.269 e. The van der Waals surface area contributed by atoms with Crippen molar-refractivity contribution < 1.29 is 13.3 Å². The lowest BCUT2D eigenvalue weighted by molar-refractivity contribution is -0.384. The van der Waals surface area contributed by atoms with Crippen LogP contribution >= 0.6 is 11.8 Å². The average Bonchev–Trinajstić information content (AvgIpc) is 2.40. The molecule has 2 rings (SSSR count). The van der Waals surface area contributed by atoms with Gasteiger partial charge in [-0.3, -0.25) is 15.0 Å². The number of nitro groups is 1. The molecule has 9 heteroatoms. The highest BCUT2D eigenvalue weighted by Gasteiger charge is 2.31. The van der Waals surface area contributed by atoms with Gasteiger partial charge in [0.25, 0.3) is 5.69 Å². The van der Waals surface area contributed by atoms with Gasteiger partial charge in [-0.05, 0) is 11.6 Å². The van der Waals surface area contributed by atoms with E-state index in [4.69, 9.17) is 5.73 Å². The van der Waals surface area contributed by atoms with Crippen molar-refractivity contribution in [1.82, 2.24) is 4.90 Å². The van der Waals surface area contributed by atoms with Gasteiger partial charge in [0.2, 0.25) is 0 Å². The number of hydrogen-bond acceptors (Lipinski definition) is 7. The Kier molecular flexibility index (Phi) is 4.74. The van der Waals surface area contributed by atoms with E-state index < -0.39 is 20.1 Å². The van der Waals surface area contributed by atoms with Crippen LogP contribution in [0.15, 0.2) is 18.2 Å². The zero-order chi connectivity index (χ0) is 15.6. The first kappa shape index (κ1) is 16.1. The summed E-state index contributed by atoms with van der Waals surface area (Å²) in [5.41, 5.74) is 6.84. The van der Waals surface area contributed by atoms with Crippen LogP contribution in [0.25, 0.3) is 0 Å². The van der Waals surface area contributed by atoms with Gasteiger partial charge < -0.3 is 5.73 Å². The molecule has 1 heterocycles. The quantitative estimate of drug-likeness (QED) is 0.500. The molecule has 7 nitrogen and oxygen atoms in total. The van der Waals surface area contributed by atoms with E-state index in [9.17, 15) is 18.5 Å². The van der Waals surface area contributed by atoms with Crippen LogP contribution in [0.2, 0.25) is 0 Å². The Bertz CT molecular complexity index is 648. The van der Waals surface area contributed by atoms with Gasteiger partial charge >= 0.3 is 0 Å². The summed E-state index contributed by atoms with van der Waals surface area (Å²) in [6.45, 7) is 0.913. The van der Waals surface area contributed by atoms with E-state index in [1.54, 1.807) is 11.8 Å². The van der Waals surface area contributed by atoms with Gasteiger partial charge in [-0.15, -0.1) is 0 Å². The van der Waals surface area contributed by atoms with E-state index in [1.165, 1.54) is 24.5 Å². The van der Waals surface area contributed by atoms with Gasteiger partial charge in [-0.25, -0.2) is 8.42 Å². The van der Waals surface area contributed by atoms with Crippen molar-refractivity contribution in [2.75, 3.05) is 30.0 Å². The highest BCUT2D eigenvalue weighted by molar-refractivity contribution is 8.00. The van der Waals surface area contributed by atoms with Crippen LogP contribution in [0.1, 0.15) is 5.56 Å². The Morgan fingerprint density at radius 1 is 1.52 bits per heavy atom. The van der Waals surface area contributed by atoms with Gasteiger partial charge in [-0.2, -0.15) is 11.8 Å². The number of sulfone groups is 1. The number of rotatable bonds is 4. The molecular weight excluding hydrogens is 314 g/mol. The van der Waals surface area contributed by atoms with E-state index in [0.29, 0.717) is 30.1 Å². The Morgan fingerprint density at radius 2 is 2.24 bits per heavy atom. The number of anilines is 1. The predicted molar refractivity (Wildman–Crippen MR) is 83.9 cm³/mol. The molecule has 1 saturated heterocycles. The maximum Gasteiger partial charge on any atom is 0.269 e. The first-order valence-corrected chi connectivity index (χ1v) is 9.43. The van der Waals surface area contributed by atoms with Crippen molar-refractivity contribution in [2.24, 2.45) is 0 Å². The van der Waals surface area contributed by atoms with Gasteiger partial charge in [0.05, 0.1) is 4.92 Å². The molecule has 0 amide bonds. The second-order valence-corrected chi connectivity index (χ2v) is 8.32. The molecule has 0 bridgehead atoms. The van der Waals surface area contributed by atoms with Crippen molar-refractivity contribution >= 4 is 33.0 Å². The molecule has 0 radical (unpaired) electrons. The minimum Gasteiger partial charge on any atom is -0.398 e. The van der Waals surface area contributed by atoms with E-state index >= 15 is 0 Å². The fraction of sp³-hybridized carbons (Fsp3) is 0.500. The third kappa shape index (κ3) is 3.86. The fourth-order valence-corrected chi connectivity index (χ4v) is 5.19. The molecule has 0 saturated carbocycles. The van der Waals surface area contributed by atoms with Crippen molar-refractivity contribution in [3.8, 4) is 0 Å². The lowest BCUT2D eigenvalue weighted by atomic mass is 10.1. The number of thioether (sulfide) groups is 1. The Morgan fingerprint density at radius 3 is 2.86 bits per heavy atom. The number of nitro benzene ring substituents is 1. The Hall–Kier alpha value is -1.32. The van der Waals surface area contributed by atoms with Crippen LogP contribution in [0.3, 0.4) is 0 Å². The third-order valence-electron chi connectivity index (χ3n) is 3.40. The predicted octanol–water partition coefficient (Wildman–Crippen LogP) is 1.10. The van der Waals surface area contributed by atoms with Crippen LogP contribution in [-0.4, -0.2) is 47.9 Å². The second kappa shape index (κ2) is 6.20. The topological polar surface area (TPSA) is 107 Å². The normalized spacial score (nSPS) is 20.3. The minimum atomic E-state index is -3.20. The molecule has 1 aliphatic heterocycles. The van der Waals surface area contributed by atoms with Gasteiger partial charge in [0, 0.05) is 48.7 Å². The number of nitrogens with zero attached hydrogens (tertiary/aromatic N) is 2. The van der Waals surface area contributed by atoms with Crippen molar-refractivity contribution in [3.63, 3.8) is 0 Å². The molecule has 1 unspecified atom stereocenters. The van der Waals surface area contributed by atoms with Gasteiger partial charge in [0.15, 0.2) is 9.84 Å². The summed E-state index contributed by atoms with van der Waals surface area (Å²) in [5.74, 6) is 1.34. The van der Waals surface area contributed by atoms with Crippen LogP contribution in [0, 0.1) is 10.1 Å². The molecular formula is C12H17N3O4S2. The summed E-state index contributed by atoms with van der Waals surface area (Å²) in [7, 11) is -3.20. The van der Waals surface area contributed by atoms with Gasteiger partial charge in [-0.1, -0.05) is 0 Å². The van der Waals surface area contributed by atoms with E-state index in [2.05, 4.69) is 0 Å². The van der Waals surface area contributed by atoms with E-state index in [1.807, 2.05) is 4.90 Å². The summed E-state index contributed by atoms with van der Waals surface area (Å²) in [5, 5.41) is 10.3. The highest BCUT2D eigenvalue weighted by Crippen LogP contribution is 2.26. The summed E-state index contributed by atoms with van der Waals surface area (Å²) < 4.78 is 23.7. The lowest BCUT2D eigenvalue weighted by Crippen LogP contribution is -2.46. The zero-order valence-corrected chi connectivity index (χ0v) is 13.2. The first-order valence-electron chi connectivity index (χ1n) is 6.32. The standard InChI is InChI=1S/C12H17N3O4S2/c1-21(18,19)12-8-20-5-4-14(12)7-9-6-10(15(16)17)2-3-11(9)13/h2-3,6,12H,4-5,7-8,13H2,1H3. The third-order valence-corrected chi connectivity index (χ3v) is 6.08. The SMILES string of the molecule is CS(=O)(=O)C1CSCCN1Cc1cc([N+](=O)[O-])ccc1N. The van der Waals surface area contributed by atoms with Crippen LogP contribution in [-0.2, 0) is 16.4 Å². The van der Waals surface area contributed by atoms with Crippen molar-refractivity contribution in [3.05, 3.63) is 33.9 Å². The molecule has 2 N–H and O–H groups in total. The largest absolute Gasteiger partial charge is 0.398 e. The number of non-ortho nitro benzene ring substituents is 1. The average molecular weight is 331 g/mol. The number of benzene rings is 1. The summed E-state index contributed by atoms with van der Waals surface area (Å²) in [6, 6.07) is 4.25. The number of nitrogen functional groups attached to an aromatic ring is 1. The van der Waals surface area contributed by atoms with Gasteiger partial charge in [0.1, 0.15) is 5.37 Å². The van der Waals surface area contributed by atoms with Crippen LogP contribution < -0.4 is 5.73 Å². The summed E-state index contributed by atoms with van der Waals surface area (Å²) in [6.07, 6.45) is 1.22. The zero-order valence-electron chi connectivity index (χ0n) is 11.6. The molecule has 1 aromatic carbocycles. The molecule has 116 valence electrons. The Balaban J connectivity index is 2.27. The molecule has 1 aliphatic rings. The summed E-state index contributed by atoms with van der Waals surface area (Å²) >= 11 is 1.60. The Labute approximate surface area is 127 Å². The maximum absolute atomic E-state index is 11.9. The minimum absolute atomic E-state index is 0.0403. The molecule has 0 aliphatic carbocycles. The monoisotopic (exact) mass is 331 g/mol. The molecule has 0 spiro atoms. The van der Waals surface area contributed by atoms with Crippen molar-refractivity contribution in [1.29, 1.82) is 0 Å². The first-order chi connectivity index (χ1) is 9.79. The van der Waals surface area contributed by atoms with E-state index in [-0.39, 0.29) is 5.69 Å². The van der Waals surface area contributed by atoms with Crippen LogP contribution in [0.5, 0.6) is 0 Å². The fourth-order valence-electron chi connectivity index (χ4n) is 2.25. The molecule has 1 aromatic rings.